The third kappa shape index (κ3) is 7.90. The van der Waals surface area contributed by atoms with Gasteiger partial charge in [0.1, 0.15) is 0 Å². The number of nitrogens with zero attached hydrogens (tertiary/aromatic N) is 3. The summed E-state index contributed by atoms with van der Waals surface area (Å²) in [6.45, 7) is 7.18. The first-order valence-corrected chi connectivity index (χ1v) is 10.4. The number of carbonyl (C=O) groups excluding carboxylic acids is 1. The van der Waals surface area contributed by atoms with Gasteiger partial charge in [0.25, 0.3) is 17.3 Å². The molecular weight excluding hydrogens is 436 g/mol. The Hall–Kier alpha value is -3.04. The molecule has 2 rings (SSSR count). The quantitative estimate of drug-likeness (QED) is 0.271. The molecule has 2 aromatic rings. The molecule has 0 saturated heterocycles. The summed E-state index contributed by atoms with van der Waals surface area (Å²) in [5.41, 5.74) is 1.01. The highest BCUT2D eigenvalue weighted by molar-refractivity contribution is 5.94. The summed E-state index contributed by atoms with van der Waals surface area (Å²) < 4.78 is 0. The van der Waals surface area contributed by atoms with Gasteiger partial charge >= 0.3 is 0 Å². The summed E-state index contributed by atoms with van der Waals surface area (Å²) in [5.74, 6) is -0.345. The summed E-state index contributed by atoms with van der Waals surface area (Å²) in [4.78, 5) is 35.8. The molecule has 1 unspecified atom stereocenters. The Morgan fingerprint density at radius 3 is 1.88 bits per heavy atom. The molecule has 0 bridgehead atoms. The molecule has 1 N–H and O–H groups in total. The van der Waals surface area contributed by atoms with Gasteiger partial charge in [-0.3, -0.25) is 25.0 Å². The lowest BCUT2D eigenvalue weighted by molar-refractivity contribution is -0.385. The van der Waals surface area contributed by atoms with Crippen LogP contribution < -0.4 is 5.32 Å². The van der Waals surface area contributed by atoms with E-state index in [1.54, 1.807) is 12.1 Å². The predicted molar refractivity (Wildman–Crippen MR) is 125 cm³/mol. The maximum Gasteiger partial charge on any atom is 0.269 e. The van der Waals surface area contributed by atoms with Crippen molar-refractivity contribution in [1.82, 2.24) is 10.2 Å². The molecule has 2 aromatic carbocycles. The number of hydrogen-bond donors (Lipinski definition) is 1. The zero-order chi connectivity index (χ0) is 22.8. The molecule has 1 amide bonds. The van der Waals surface area contributed by atoms with Gasteiger partial charge < -0.3 is 10.2 Å². The van der Waals surface area contributed by atoms with E-state index in [0.29, 0.717) is 12.0 Å². The maximum absolute atomic E-state index is 12.7. The molecule has 0 aliphatic carbocycles. The number of carbonyl (C=O) groups is 1. The van der Waals surface area contributed by atoms with Crippen molar-refractivity contribution >= 4 is 29.7 Å². The minimum atomic E-state index is -0.517. The number of non-ortho nitro benzene ring substituents is 2. The summed E-state index contributed by atoms with van der Waals surface area (Å²) >= 11 is 0. The van der Waals surface area contributed by atoms with E-state index in [9.17, 15) is 25.0 Å². The van der Waals surface area contributed by atoms with Gasteiger partial charge in [0, 0.05) is 29.8 Å². The highest BCUT2D eigenvalue weighted by Gasteiger charge is 2.18. The zero-order valence-corrected chi connectivity index (χ0v) is 19.0. The minimum absolute atomic E-state index is 0. The van der Waals surface area contributed by atoms with Crippen molar-refractivity contribution in [3.8, 4) is 0 Å². The molecule has 1 atom stereocenters. The van der Waals surface area contributed by atoms with Crippen molar-refractivity contribution in [3.05, 3.63) is 79.9 Å². The van der Waals surface area contributed by atoms with Crippen LogP contribution in [0, 0.1) is 20.2 Å². The Kier molecular flexibility index (Phi) is 11.3. The molecule has 0 radical (unpaired) electrons. The largest absolute Gasteiger partial charge is 0.345 e. The van der Waals surface area contributed by atoms with Crippen LogP contribution in [0.2, 0.25) is 0 Å². The van der Waals surface area contributed by atoms with Gasteiger partial charge in [0.05, 0.1) is 15.9 Å². The predicted octanol–water partition coefficient (Wildman–Crippen LogP) is 4.91. The summed E-state index contributed by atoms with van der Waals surface area (Å²) in [7, 11) is 0. The first kappa shape index (κ1) is 27.0. The van der Waals surface area contributed by atoms with E-state index in [-0.39, 0.29) is 35.7 Å². The lowest BCUT2D eigenvalue weighted by Gasteiger charge is -2.21. The van der Waals surface area contributed by atoms with Gasteiger partial charge in [-0.1, -0.05) is 26.0 Å². The van der Waals surface area contributed by atoms with Crippen LogP contribution in [0.25, 0.3) is 0 Å². The Morgan fingerprint density at radius 1 is 0.906 bits per heavy atom. The first-order valence-electron chi connectivity index (χ1n) is 10.4. The van der Waals surface area contributed by atoms with Crippen molar-refractivity contribution < 1.29 is 14.6 Å². The van der Waals surface area contributed by atoms with Gasteiger partial charge in [-0.2, -0.15) is 0 Å². The zero-order valence-electron chi connectivity index (χ0n) is 18.2. The third-order valence-corrected chi connectivity index (χ3v) is 5.26. The fraction of sp³-hybridized carbons (Fsp3) is 0.409. The minimum Gasteiger partial charge on any atom is -0.345 e. The number of nitro groups is 2. The standard InChI is InChI=1S/C22H28N4O5.ClH/c1-3-24(4-2)16-6-5-7-21(17-8-12-19(13-9-17)25(28)29)23-22(27)18-10-14-20(15-11-18)26(30)31;/h8-15,21H,3-7,16H2,1-2H3,(H,23,27);1H. The fourth-order valence-corrected chi connectivity index (χ4v) is 3.35. The number of hydrogen-bond acceptors (Lipinski definition) is 6. The van der Waals surface area contributed by atoms with Crippen molar-refractivity contribution in [1.29, 1.82) is 0 Å². The lowest BCUT2D eigenvalue weighted by atomic mass is 9.99. The average Bonchev–Trinajstić information content (AvgIpc) is 2.78. The highest BCUT2D eigenvalue weighted by Crippen LogP contribution is 2.23. The number of unbranched alkanes of at least 4 members (excludes halogenated alkanes) is 1. The summed E-state index contributed by atoms with van der Waals surface area (Å²) in [6.07, 6.45) is 2.52. The summed E-state index contributed by atoms with van der Waals surface area (Å²) in [6, 6.07) is 11.3. The molecule has 0 spiro atoms. The second-order valence-electron chi connectivity index (χ2n) is 7.20. The Balaban J connectivity index is 0.00000512. The maximum atomic E-state index is 12.7. The van der Waals surface area contributed by atoms with Gasteiger partial charge in [0.15, 0.2) is 0 Å². The highest BCUT2D eigenvalue weighted by atomic mass is 35.5. The number of rotatable bonds is 12. The Labute approximate surface area is 193 Å². The van der Waals surface area contributed by atoms with Gasteiger partial charge in [-0.25, -0.2) is 0 Å². The Morgan fingerprint density at radius 2 is 1.41 bits per heavy atom. The second-order valence-corrected chi connectivity index (χ2v) is 7.20. The molecule has 9 nitrogen and oxygen atoms in total. The van der Waals surface area contributed by atoms with Gasteiger partial charge in [0.2, 0.25) is 0 Å². The van der Waals surface area contributed by atoms with E-state index in [1.807, 2.05) is 0 Å². The van der Waals surface area contributed by atoms with Crippen LogP contribution in [-0.4, -0.2) is 40.3 Å². The van der Waals surface area contributed by atoms with Crippen molar-refractivity contribution in [2.24, 2.45) is 0 Å². The van der Waals surface area contributed by atoms with E-state index < -0.39 is 9.85 Å². The van der Waals surface area contributed by atoms with Crippen LogP contribution in [0.1, 0.15) is 55.1 Å². The van der Waals surface area contributed by atoms with Crippen LogP contribution in [0.5, 0.6) is 0 Å². The number of halogens is 1. The first-order chi connectivity index (χ1) is 14.8. The molecule has 32 heavy (non-hydrogen) atoms. The van der Waals surface area contributed by atoms with E-state index in [4.69, 9.17) is 0 Å². The molecule has 0 heterocycles. The lowest BCUT2D eigenvalue weighted by Crippen LogP contribution is -2.29. The van der Waals surface area contributed by atoms with Gasteiger partial charge in [-0.15, -0.1) is 12.4 Å². The van der Waals surface area contributed by atoms with E-state index in [0.717, 1.165) is 38.0 Å². The average molecular weight is 465 g/mol. The van der Waals surface area contributed by atoms with Crippen LogP contribution in [0.3, 0.4) is 0 Å². The van der Waals surface area contributed by atoms with Crippen molar-refractivity contribution in [3.63, 3.8) is 0 Å². The number of amides is 1. The number of benzene rings is 2. The molecular formula is C22H29ClN4O5. The molecule has 0 aliphatic rings. The molecule has 0 saturated carbocycles. The number of nitrogens with one attached hydrogen (secondary N) is 1. The Bertz CT molecular complexity index is 886. The topological polar surface area (TPSA) is 119 Å². The molecule has 0 aromatic heterocycles. The smallest absolute Gasteiger partial charge is 0.269 e. The summed E-state index contributed by atoms with van der Waals surface area (Å²) in [5, 5.41) is 24.7. The normalized spacial score (nSPS) is 11.5. The van der Waals surface area contributed by atoms with Crippen LogP contribution in [-0.2, 0) is 0 Å². The molecule has 0 fully saturated rings. The van der Waals surface area contributed by atoms with E-state index >= 15 is 0 Å². The monoisotopic (exact) mass is 464 g/mol. The fourth-order valence-electron chi connectivity index (χ4n) is 3.35. The SMILES string of the molecule is CCN(CC)CCCCC(NC(=O)c1ccc([N+](=O)[O-])cc1)c1ccc([N+](=O)[O-])cc1.Cl. The molecule has 174 valence electrons. The van der Waals surface area contributed by atoms with E-state index in [2.05, 4.69) is 24.1 Å². The van der Waals surface area contributed by atoms with Crippen molar-refractivity contribution in [2.75, 3.05) is 19.6 Å². The number of nitro benzene ring substituents is 2. The van der Waals surface area contributed by atoms with Crippen LogP contribution in [0.15, 0.2) is 48.5 Å². The third-order valence-electron chi connectivity index (χ3n) is 5.26. The van der Waals surface area contributed by atoms with E-state index in [1.165, 1.54) is 36.4 Å². The van der Waals surface area contributed by atoms with Crippen LogP contribution >= 0.6 is 12.4 Å². The second kappa shape index (κ2) is 13.4. The van der Waals surface area contributed by atoms with Crippen LogP contribution in [0.4, 0.5) is 11.4 Å². The molecule has 10 heteroatoms. The molecule has 0 aliphatic heterocycles. The van der Waals surface area contributed by atoms with Crippen molar-refractivity contribution in [2.45, 2.75) is 39.2 Å². The van der Waals surface area contributed by atoms with Gasteiger partial charge in [-0.05, 0) is 56.6 Å².